The Morgan fingerprint density at radius 3 is 2.50 bits per heavy atom. The van der Waals surface area contributed by atoms with Gasteiger partial charge in [-0.05, 0) is 31.0 Å². The molecule has 0 spiro atoms. The molecule has 28 heavy (non-hydrogen) atoms. The molecule has 0 saturated carbocycles. The molecular formula is C18H27N5O4S. The Morgan fingerprint density at radius 1 is 1.18 bits per heavy atom. The van der Waals surface area contributed by atoms with E-state index in [1.807, 2.05) is 19.0 Å². The molecule has 9 nitrogen and oxygen atoms in total. The van der Waals surface area contributed by atoms with Crippen molar-refractivity contribution < 1.29 is 18.0 Å². The van der Waals surface area contributed by atoms with Crippen molar-refractivity contribution in [3.05, 3.63) is 18.2 Å². The van der Waals surface area contributed by atoms with Crippen molar-refractivity contribution in [3.8, 4) is 0 Å². The summed E-state index contributed by atoms with van der Waals surface area (Å²) in [5.74, 6) is -0.357. The van der Waals surface area contributed by atoms with Crippen molar-refractivity contribution in [3.63, 3.8) is 0 Å². The Morgan fingerprint density at radius 2 is 1.89 bits per heavy atom. The third-order valence-corrected chi connectivity index (χ3v) is 6.89. The first-order valence-electron chi connectivity index (χ1n) is 9.44. The predicted molar refractivity (Wildman–Crippen MR) is 107 cm³/mol. The van der Waals surface area contributed by atoms with Gasteiger partial charge in [-0.1, -0.05) is 6.42 Å². The molecule has 2 saturated heterocycles. The van der Waals surface area contributed by atoms with Gasteiger partial charge in [0.2, 0.25) is 15.9 Å². The van der Waals surface area contributed by atoms with Crippen LogP contribution in [0.1, 0.15) is 19.3 Å². The van der Waals surface area contributed by atoms with Crippen LogP contribution in [0.3, 0.4) is 0 Å². The minimum Gasteiger partial charge on any atom is -0.376 e. The number of amides is 3. The van der Waals surface area contributed by atoms with Gasteiger partial charge < -0.3 is 15.5 Å². The number of piperidine rings is 1. The molecule has 0 unspecified atom stereocenters. The van der Waals surface area contributed by atoms with E-state index in [0.717, 1.165) is 29.8 Å². The van der Waals surface area contributed by atoms with E-state index >= 15 is 0 Å². The fourth-order valence-electron chi connectivity index (χ4n) is 3.44. The fourth-order valence-corrected chi connectivity index (χ4v) is 4.98. The molecule has 3 amide bonds. The van der Waals surface area contributed by atoms with Crippen LogP contribution in [0.5, 0.6) is 0 Å². The molecule has 1 aromatic carbocycles. The molecule has 0 bridgehead atoms. The van der Waals surface area contributed by atoms with Gasteiger partial charge in [0, 0.05) is 40.3 Å². The summed E-state index contributed by atoms with van der Waals surface area (Å²) in [4.78, 5) is 27.1. The molecule has 0 aromatic heterocycles. The van der Waals surface area contributed by atoms with Gasteiger partial charge in [-0.15, -0.1) is 0 Å². The minimum atomic E-state index is -3.57. The number of rotatable bonds is 6. The van der Waals surface area contributed by atoms with Crippen LogP contribution in [0.2, 0.25) is 0 Å². The summed E-state index contributed by atoms with van der Waals surface area (Å²) in [5, 5.41) is 5.60. The van der Waals surface area contributed by atoms with Crippen molar-refractivity contribution >= 4 is 33.3 Å². The van der Waals surface area contributed by atoms with Crippen LogP contribution < -0.4 is 15.5 Å². The zero-order chi connectivity index (χ0) is 20.3. The number of urea groups is 1. The maximum absolute atomic E-state index is 13.0. The number of nitrogens with one attached hydrogen (secondary N) is 2. The molecular weight excluding hydrogens is 382 g/mol. The third-order valence-electron chi connectivity index (χ3n) is 4.99. The first-order chi connectivity index (χ1) is 13.3. The number of nitrogens with zero attached hydrogens (tertiary/aromatic N) is 3. The van der Waals surface area contributed by atoms with Crippen LogP contribution in [-0.4, -0.2) is 76.4 Å². The number of carbonyl (C=O) groups is 2. The maximum atomic E-state index is 13.0. The molecule has 2 heterocycles. The van der Waals surface area contributed by atoms with E-state index < -0.39 is 16.1 Å². The average Bonchev–Trinajstić information content (AvgIpc) is 3.12. The van der Waals surface area contributed by atoms with Crippen LogP contribution in [0.15, 0.2) is 23.1 Å². The van der Waals surface area contributed by atoms with Crippen LogP contribution in [0.25, 0.3) is 0 Å². The second-order valence-electron chi connectivity index (χ2n) is 7.17. The van der Waals surface area contributed by atoms with Gasteiger partial charge >= 0.3 is 6.03 Å². The molecule has 2 N–H and O–H groups in total. The highest BCUT2D eigenvalue weighted by molar-refractivity contribution is 7.89. The Labute approximate surface area is 165 Å². The zero-order valence-electron chi connectivity index (χ0n) is 16.3. The molecule has 10 heteroatoms. The summed E-state index contributed by atoms with van der Waals surface area (Å²) in [7, 11) is 0.110. The summed E-state index contributed by atoms with van der Waals surface area (Å²) in [5.41, 5.74) is 1.30. The topological polar surface area (TPSA) is 102 Å². The fraction of sp³-hybridized carbons (Fsp3) is 0.556. The van der Waals surface area contributed by atoms with Gasteiger partial charge in [0.25, 0.3) is 0 Å². The molecule has 1 aromatic rings. The smallest absolute Gasteiger partial charge is 0.324 e. The monoisotopic (exact) mass is 409 g/mol. The van der Waals surface area contributed by atoms with Crippen molar-refractivity contribution in [1.29, 1.82) is 0 Å². The van der Waals surface area contributed by atoms with Gasteiger partial charge in [0.15, 0.2) is 0 Å². The quantitative estimate of drug-likeness (QED) is 0.724. The maximum Gasteiger partial charge on any atom is 0.324 e. The Kier molecular flexibility index (Phi) is 6.09. The Bertz CT molecular complexity index is 850. The number of hydrogen-bond acceptors (Lipinski definition) is 6. The summed E-state index contributed by atoms with van der Waals surface area (Å²) in [6.45, 7) is 1.74. The number of carbonyl (C=O) groups excluding carboxylic acids is 2. The van der Waals surface area contributed by atoms with Crippen molar-refractivity contribution in [1.82, 2.24) is 14.5 Å². The molecule has 2 aliphatic rings. The van der Waals surface area contributed by atoms with Crippen molar-refractivity contribution in [2.24, 2.45) is 0 Å². The van der Waals surface area contributed by atoms with Crippen LogP contribution in [0, 0.1) is 0 Å². The highest BCUT2D eigenvalue weighted by atomic mass is 32.2. The summed E-state index contributed by atoms with van der Waals surface area (Å²) in [6.07, 6.45) is 2.78. The molecule has 2 aliphatic heterocycles. The van der Waals surface area contributed by atoms with Crippen molar-refractivity contribution in [2.75, 3.05) is 57.0 Å². The number of sulfonamides is 1. The Hall–Kier alpha value is -2.33. The molecule has 2 fully saturated rings. The van der Waals surface area contributed by atoms with Crippen molar-refractivity contribution in [2.45, 2.75) is 24.2 Å². The average molecular weight is 410 g/mol. The van der Waals surface area contributed by atoms with Crippen LogP contribution in [0.4, 0.5) is 16.2 Å². The van der Waals surface area contributed by atoms with Gasteiger partial charge in [-0.3, -0.25) is 9.69 Å². The number of anilines is 2. The summed E-state index contributed by atoms with van der Waals surface area (Å²) in [6, 6.07) is 4.49. The highest BCUT2D eigenvalue weighted by Crippen LogP contribution is 2.30. The zero-order valence-corrected chi connectivity index (χ0v) is 17.1. The standard InChI is InChI=1S/C18H27N5O4S/c1-21(2)16-7-6-14(28(26,27)22-9-4-3-5-10-22)12-15(16)20-13-17(24)23-11-8-19-18(23)25/h6-7,12,20H,3-5,8-11,13H2,1-2H3,(H,19,25). The van der Waals surface area contributed by atoms with Gasteiger partial charge in [-0.2, -0.15) is 4.31 Å². The van der Waals surface area contributed by atoms with Gasteiger partial charge in [0.1, 0.15) is 0 Å². The summed E-state index contributed by atoms with van der Waals surface area (Å²) >= 11 is 0. The molecule has 0 atom stereocenters. The van der Waals surface area contributed by atoms with E-state index in [0.29, 0.717) is 31.9 Å². The largest absolute Gasteiger partial charge is 0.376 e. The number of hydrogen-bond donors (Lipinski definition) is 2. The minimum absolute atomic E-state index is 0.0958. The first kappa shape index (κ1) is 20.4. The van der Waals surface area contributed by atoms with E-state index in [1.54, 1.807) is 18.2 Å². The van der Waals surface area contributed by atoms with Gasteiger partial charge in [-0.25, -0.2) is 13.2 Å². The second kappa shape index (κ2) is 8.36. The molecule has 0 aliphatic carbocycles. The van der Waals surface area contributed by atoms with E-state index in [-0.39, 0.29) is 17.3 Å². The molecule has 154 valence electrons. The Balaban J connectivity index is 1.81. The highest BCUT2D eigenvalue weighted by Gasteiger charge is 2.28. The van der Waals surface area contributed by atoms with Gasteiger partial charge in [0.05, 0.1) is 22.8 Å². The summed E-state index contributed by atoms with van der Waals surface area (Å²) < 4.78 is 27.5. The lowest BCUT2D eigenvalue weighted by Crippen LogP contribution is -2.38. The SMILES string of the molecule is CN(C)c1ccc(S(=O)(=O)N2CCCCC2)cc1NCC(=O)N1CCNC1=O. The lowest BCUT2D eigenvalue weighted by Gasteiger charge is -2.27. The normalized spacial score (nSPS) is 18.1. The first-order valence-corrected chi connectivity index (χ1v) is 10.9. The third kappa shape index (κ3) is 4.22. The van der Waals surface area contributed by atoms with E-state index in [1.165, 1.54) is 4.31 Å². The lowest BCUT2D eigenvalue weighted by molar-refractivity contribution is -0.125. The number of imide groups is 1. The van der Waals surface area contributed by atoms with Crippen LogP contribution >= 0.6 is 0 Å². The predicted octanol–water partition coefficient (Wildman–Crippen LogP) is 0.891. The molecule has 0 radical (unpaired) electrons. The number of benzene rings is 1. The van der Waals surface area contributed by atoms with E-state index in [2.05, 4.69) is 10.6 Å². The van der Waals surface area contributed by atoms with E-state index in [4.69, 9.17) is 0 Å². The van der Waals surface area contributed by atoms with Crippen LogP contribution in [-0.2, 0) is 14.8 Å². The molecule has 3 rings (SSSR count). The van der Waals surface area contributed by atoms with E-state index in [9.17, 15) is 18.0 Å². The lowest BCUT2D eigenvalue weighted by atomic mass is 10.2. The second-order valence-corrected chi connectivity index (χ2v) is 9.11.